The van der Waals surface area contributed by atoms with Gasteiger partial charge in [0.1, 0.15) is 0 Å². The number of nitrogens with zero attached hydrogens (tertiary/aromatic N) is 3. The first-order valence-electron chi connectivity index (χ1n) is 9.56. The molecule has 0 atom stereocenters. The quantitative estimate of drug-likeness (QED) is 0.630. The fraction of sp³-hybridized carbons (Fsp3) is 0.273. The predicted molar refractivity (Wildman–Crippen MR) is 116 cm³/mol. The van der Waals surface area contributed by atoms with Gasteiger partial charge in [-0.3, -0.25) is 9.48 Å². The summed E-state index contributed by atoms with van der Waals surface area (Å²) < 4.78 is 27.3. The highest BCUT2D eigenvalue weighted by Gasteiger charge is 2.16. The lowest BCUT2D eigenvalue weighted by Crippen LogP contribution is -2.23. The summed E-state index contributed by atoms with van der Waals surface area (Å²) >= 11 is 0. The molecule has 30 heavy (non-hydrogen) atoms. The molecule has 3 aromatic rings. The van der Waals surface area contributed by atoms with Gasteiger partial charge in [-0.05, 0) is 55.3 Å². The second kappa shape index (κ2) is 8.81. The zero-order valence-corrected chi connectivity index (χ0v) is 18.4. The highest BCUT2D eigenvalue weighted by molar-refractivity contribution is 7.89. The van der Waals surface area contributed by atoms with E-state index < -0.39 is 10.0 Å². The number of rotatable bonds is 7. The minimum atomic E-state index is -3.46. The molecular weight excluding hydrogens is 400 g/mol. The standard InChI is InChI=1S/C22H26N4O3S/c1-16-13-17(2)26(24-16)15-19-5-9-20(10-6-19)22(27)23-14-18-7-11-21(12-8-18)30(28,29)25(3)4/h5-13H,14-15H2,1-4H3,(H,23,27). The van der Waals surface area contributed by atoms with E-state index in [9.17, 15) is 13.2 Å². The SMILES string of the molecule is Cc1cc(C)n(Cc2ccc(C(=O)NCc3ccc(S(=O)(=O)N(C)C)cc3)cc2)n1. The summed E-state index contributed by atoms with van der Waals surface area (Å²) in [6, 6.07) is 16.0. The lowest BCUT2D eigenvalue weighted by molar-refractivity contribution is 0.0951. The highest BCUT2D eigenvalue weighted by Crippen LogP contribution is 2.14. The van der Waals surface area contributed by atoms with E-state index in [-0.39, 0.29) is 10.8 Å². The molecule has 0 aliphatic carbocycles. The van der Waals surface area contributed by atoms with Crippen LogP contribution < -0.4 is 5.32 Å². The fourth-order valence-corrected chi connectivity index (χ4v) is 3.95. The number of benzene rings is 2. The Morgan fingerprint density at radius 3 is 2.13 bits per heavy atom. The number of nitrogens with one attached hydrogen (secondary N) is 1. The number of hydrogen-bond acceptors (Lipinski definition) is 4. The zero-order valence-electron chi connectivity index (χ0n) is 17.6. The van der Waals surface area contributed by atoms with Crippen LogP contribution in [0.5, 0.6) is 0 Å². The molecule has 0 radical (unpaired) electrons. The fourth-order valence-electron chi connectivity index (χ4n) is 3.04. The van der Waals surface area contributed by atoms with Crippen molar-refractivity contribution >= 4 is 15.9 Å². The number of sulfonamides is 1. The molecule has 158 valence electrons. The summed E-state index contributed by atoms with van der Waals surface area (Å²) in [5, 5.41) is 7.32. The largest absolute Gasteiger partial charge is 0.348 e. The topological polar surface area (TPSA) is 84.3 Å². The van der Waals surface area contributed by atoms with Crippen molar-refractivity contribution in [3.63, 3.8) is 0 Å². The van der Waals surface area contributed by atoms with Crippen molar-refractivity contribution in [1.82, 2.24) is 19.4 Å². The smallest absolute Gasteiger partial charge is 0.251 e. The van der Waals surface area contributed by atoms with Crippen LogP contribution in [0.4, 0.5) is 0 Å². The van der Waals surface area contributed by atoms with Crippen molar-refractivity contribution in [2.75, 3.05) is 14.1 Å². The number of carbonyl (C=O) groups excluding carboxylic acids is 1. The van der Waals surface area contributed by atoms with Gasteiger partial charge in [0, 0.05) is 31.9 Å². The second-order valence-electron chi connectivity index (χ2n) is 7.40. The summed E-state index contributed by atoms with van der Waals surface area (Å²) in [7, 11) is -0.472. The number of carbonyl (C=O) groups is 1. The maximum absolute atomic E-state index is 12.4. The molecule has 0 aliphatic heterocycles. The highest BCUT2D eigenvalue weighted by atomic mass is 32.2. The molecule has 0 bridgehead atoms. The molecule has 3 rings (SSSR count). The Hall–Kier alpha value is -2.97. The van der Waals surface area contributed by atoms with E-state index in [1.165, 1.54) is 18.4 Å². The Bertz CT molecular complexity index is 1130. The first-order valence-corrected chi connectivity index (χ1v) is 11.0. The van der Waals surface area contributed by atoms with Crippen molar-refractivity contribution in [2.24, 2.45) is 0 Å². The average Bonchev–Trinajstić information content (AvgIpc) is 3.03. The first kappa shape index (κ1) is 21.7. The average molecular weight is 427 g/mol. The lowest BCUT2D eigenvalue weighted by atomic mass is 10.1. The summed E-state index contributed by atoms with van der Waals surface area (Å²) in [4.78, 5) is 12.7. The monoisotopic (exact) mass is 426 g/mol. The van der Waals surface area contributed by atoms with E-state index in [0.717, 1.165) is 22.5 Å². The molecule has 1 N–H and O–H groups in total. The molecule has 1 heterocycles. The third-order valence-electron chi connectivity index (χ3n) is 4.81. The Labute approximate surface area is 177 Å². The van der Waals surface area contributed by atoms with Crippen LogP contribution in [0.3, 0.4) is 0 Å². The second-order valence-corrected chi connectivity index (χ2v) is 9.55. The van der Waals surface area contributed by atoms with Crippen molar-refractivity contribution in [2.45, 2.75) is 31.8 Å². The van der Waals surface area contributed by atoms with Crippen LogP contribution in [-0.4, -0.2) is 42.5 Å². The number of hydrogen-bond donors (Lipinski definition) is 1. The zero-order chi connectivity index (χ0) is 21.9. The molecule has 1 amide bonds. The van der Waals surface area contributed by atoms with Crippen molar-refractivity contribution in [1.29, 1.82) is 0 Å². The third kappa shape index (κ3) is 4.95. The number of aromatic nitrogens is 2. The normalized spacial score (nSPS) is 11.6. The van der Waals surface area contributed by atoms with Crippen molar-refractivity contribution < 1.29 is 13.2 Å². The van der Waals surface area contributed by atoms with Crippen LogP contribution in [0.25, 0.3) is 0 Å². The summed E-state index contributed by atoms with van der Waals surface area (Å²) in [5.74, 6) is -0.183. The lowest BCUT2D eigenvalue weighted by Gasteiger charge is -2.12. The van der Waals surface area contributed by atoms with Gasteiger partial charge in [0.05, 0.1) is 17.1 Å². The van der Waals surface area contributed by atoms with Crippen LogP contribution in [0.1, 0.15) is 32.9 Å². The third-order valence-corrected chi connectivity index (χ3v) is 6.64. The summed E-state index contributed by atoms with van der Waals surface area (Å²) in [5.41, 5.74) is 4.53. The molecule has 0 saturated heterocycles. The summed E-state index contributed by atoms with van der Waals surface area (Å²) in [6.07, 6.45) is 0. The molecule has 0 aliphatic rings. The van der Waals surface area contributed by atoms with E-state index in [2.05, 4.69) is 10.4 Å². The summed E-state index contributed by atoms with van der Waals surface area (Å²) in [6.45, 7) is 4.95. The maximum atomic E-state index is 12.4. The van der Waals surface area contributed by atoms with Crippen molar-refractivity contribution in [3.8, 4) is 0 Å². The van der Waals surface area contributed by atoms with Gasteiger partial charge < -0.3 is 5.32 Å². The van der Waals surface area contributed by atoms with Gasteiger partial charge in [0.2, 0.25) is 10.0 Å². The molecule has 0 saturated carbocycles. The van der Waals surface area contributed by atoms with Crippen LogP contribution in [0.15, 0.2) is 59.5 Å². The molecule has 1 aromatic heterocycles. The van der Waals surface area contributed by atoms with Gasteiger partial charge in [-0.1, -0.05) is 24.3 Å². The van der Waals surface area contributed by atoms with Crippen LogP contribution in [-0.2, 0) is 23.1 Å². The molecule has 0 spiro atoms. The Kier molecular flexibility index (Phi) is 6.38. The molecule has 7 nitrogen and oxygen atoms in total. The van der Waals surface area contributed by atoms with E-state index in [0.29, 0.717) is 18.7 Å². The minimum absolute atomic E-state index is 0.183. The van der Waals surface area contributed by atoms with Crippen LogP contribution in [0, 0.1) is 13.8 Å². The van der Waals surface area contributed by atoms with Gasteiger partial charge in [-0.25, -0.2) is 12.7 Å². The van der Waals surface area contributed by atoms with E-state index in [1.807, 2.05) is 36.7 Å². The molecule has 0 unspecified atom stereocenters. The predicted octanol–water partition coefficient (Wildman–Crippen LogP) is 2.73. The first-order chi connectivity index (χ1) is 14.2. The van der Waals surface area contributed by atoms with Gasteiger partial charge in [0.25, 0.3) is 5.91 Å². The van der Waals surface area contributed by atoms with E-state index in [4.69, 9.17) is 0 Å². The Morgan fingerprint density at radius 1 is 1.00 bits per heavy atom. The minimum Gasteiger partial charge on any atom is -0.348 e. The number of aryl methyl sites for hydroxylation is 2. The van der Waals surface area contributed by atoms with Crippen molar-refractivity contribution in [3.05, 3.63) is 82.7 Å². The van der Waals surface area contributed by atoms with E-state index >= 15 is 0 Å². The van der Waals surface area contributed by atoms with Gasteiger partial charge in [0.15, 0.2) is 0 Å². The van der Waals surface area contributed by atoms with Gasteiger partial charge >= 0.3 is 0 Å². The van der Waals surface area contributed by atoms with Crippen LogP contribution in [0.2, 0.25) is 0 Å². The van der Waals surface area contributed by atoms with E-state index in [1.54, 1.807) is 36.4 Å². The maximum Gasteiger partial charge on any atom is 0.251 e. The molecule has 8 heteroatoms. The van der Waals surface area contributed by atoms with Crippen LogP contribution >= 0.6 is 0 Å². The Morgan fingerprint density at radius 2 is 1.60 bits per heavy atom. The Balaban J connectivity index is 1.59. The molecule has 2 aromatic carbocycles. The molecular formula is C22H26N4O3S. The number of amides is 1. The van der Waals surface area contributed by atoms with Gasteiger partial charge in [-0.15, -0.1) is 0 Å². The molecule has 0 fully saturated rings. The van der Waals surface area contributed by atoms with Gasteiger partial charge in [-0.2, -0.15) is 5.10 Å².